The molecule has 0 bridgehead atoms. The van der Waals surface area contributed by atoms with Crippen molar-refractivity contribution in [3.05, 3.63) is 12.2 Å². The third-order valence-corrected chi connectivity index (χ3v) is 2.04. The van der Waals surface area contributed by atoms with Crippen molar-refractivity contribution in [1.82, 2.24) is 10.1 Å². The number of hydrogen-bond acceptors (Lipinski definition) is 4. The van der Waals surface area contributed by atoms with Crippen molar-refractivity contribution in [2.24, 2.45) is 0 Å². The molecule has 0 unspecified atom stereocenters. The first-order valence-electron chi connectivity index (χ1n) is 3.16. The Bertz CT molecular complexity index is 174. The first-order valence-corrected chi connectivity index (χ1v) is 4.21. The number of hydrogen-bond donors (Lipinski definition) is 0. The second kappa shape index (κ2) is 3.61. The van der Waals surface area contributed by atoms with Crippen LogP contribution in [0.15, 0.2) is 10.9 Å². The quantitative estimate of drug-likeness (QED) is 0.671. The van der Waals surface area contributed by atoms with Crippen LogP contribution in [0.3, 0.4) is 0 Å². The van der Waals surface area contributed by atoms with Crippen LogP contribution in [0, 0.1) is 0 Å². The third-order valence-electron chi connectivity index (χ3n) is 0.953. The molecule has 1 aromatic heterocycles. The maximum absolute atomic E-state index is 4.57. The summed E-state index contributed by atoms with van der Waals surface area (Å²) in [7, 11) is 0. The van der Waals surface area contributed by atoms with Gasteiger partial charge in [0.2, 0.25) is 6.39 Å². The van der Waals surface area contributed by atoms with Crippen molar-refractivity contribution in [3.8, 4) is 0 Å². The standard InChI is InChI=1S/C6H10N2OS/c1-5(2)10-3-6-7-4-9-8-6/h4-5H,3H2,1-2H3. The minimum atomic E-state index is 0.624. The van der Waals surface area contributed by atoms with Gasteiger partial charge in [-0.3, -0.25) is 0 Å². The van der Waals surface area contributed by atoms with Crippen LogP contribution >= 0.6 is 11.8 Å². The maximum atomic E-state index is 4.57. The summed E-state index contributed by atoms with van der Waals surface area (Å²) in [6.45, 7) is 4.29. The Morgan fingerprint density at radius 3 is 3.00 bits per heavy atom. The summed E-state index contributed by atoms with van der Waals surface area (Å²) in [5.41, 5.74) is 0. The molecular weight excluding hydrogens is 148 g/mol. The highest BCUT2D eigenvalue weighted by Crippen LogP contribution is 2.13. The summed E-state index contributed by atoms with van der Waals surface area (Å²) >= 11 is 1.80. The zero-order valence-electron chi connectivity index (χ0n) is 6.07. The highest BCUT2D eigenvalue weighted by Gasteiger charge is 1.99. The number of thioether (sulfide) groups is 1. The number of aromatic nitrogens is 2. The van der Waals surface area contributed by atoms with E-state index < -0.39 is 0 Å². The molecule has 0 aromatic carbocycles. The van der Waals surface area contributed by atoms with Gasteiger partial charge in [-0.15, -0.1) is 0 Å². The predicted octanol–water partition coefficient (Wildman–Crippen LogP) is 1.71. The molecule has 0 saturated heterocycles. The molecule has 0 radical (unpaired) electrons. The molecule has 0 atom stereocenters. The van der Waals surface area contributed by atoms with Gasteiger partial charge in [0.25, 0.3) is 0 Å². The average Bonchev–Trinajstić information content (AvgIpc) is 2.34. The molecule has 56 valence electrons. The van der Waals surface area contributed by atoms with E-state index in [0.29, 0.717) is 5.25 Å². The molecule has 0 aliphatic carbocycles. The van der Waals surface area contributed by atoms with E-state index in [-0.39, 0.29) is 0 Å². The molecular formula is C6H10N2OS. The molecule has 0 aliphatic heterocycles. The smallest absolute Gasteiger partial charge is 0.213 e. The van der Waals surface area contributed by atoms with E-state index in [0.717, 1.165) is 11.6 Å². The van der Waals surface area contributed by atoms with Crippen LogP contribution in [0.1, 0.15) is 19.7 Å². The Morgan fingerprint density at radius 2 is 2.50 bits per heavy atom. The SMILES string of the molecule is CC(C)SCc1ncon1. The monoisotopic (exact) mass is 158 g/mol. The summed E-state index contributed by atoms with van der Waals surface area (Å²) in [5.74, 6) is 1.62. The summed E-state index contributed by atoms with van der Waals surface area (Å²) < 4.78 is 4.57. The Labute approximate surface area is 64.2 Å². The number of rotatable bonds is 3. The van der Waals surface area contributed by atoms with Crippen molar-refractivity contribution >= 4 is 11.8 Å². The van der Waals surface area contributed by atoms with Crippen LogP contribution in [0.4, 0.5) is 0 Å². The van der Waals surface area contributed by atoms with Gasteiger partial charge in [0.1, 0.15) is 0 Å². The Balaban J connectivity index is 2.28. The van der Waals surface area contributed by atoms with Crippen LogP contribution in [0.2, 0.25) is 0 Å². The lowest BCUT2D eigenvalue weighted by molar-refractivity contribution is 0.412. The molecule has 1 rings (SSSR count). The van der Waals surface area contributed by atoms with Gasteiger partial charge in [-0.25, -0.2) is 0 Å². The van der Waals surface area contributed by atoms with E-state index in [1.807, 2.05) is 0 Å². The van der Waals surface area contributed by atoms with Gasteiger partial charge in [-0.05, 0) is 5.25 Å². The molecule has 0 spiro atoms. The van der Waals surface area contributed by atoms with Crippen molar-refractivity contribution in [3.63, 3.8) is 0 Å². The van der Waals surface area contributed by atoms with Gasteiger partial charge in [0, 0.05) is 0 Å². The van der Waals surface area contributed by atoms with Gasteiger partial charge in [-0.1, -0.05) is 19.0 Å². The van der Waals surface area contributed by atoms with Gasteiger partial charge < -0.3 is 4.52 Å². The van der Waals surface area contributed by atoms with Crippen molar-refractivity contribution in [2.75, 3.05) is 0 Å². The largest absolute Gasteiger partial charge is 0.343 e. The van der Waals surface area contributed by atoms with Crippen molar-refractivity contribution < 1.29 is 4.52 Å². The molecule has 1 heterocycles. The van der Waals surface area contributed by atoms with Crippen molar-refractivity contribution in [2.45, 2.75) is 24.9 Å². The van der Waals surface area contributed by atoms with E-state index in [4.69, 9.17) is 0 Å². The minimum absolute atomic E-state index is 0.624. The lowest BCUT2D eigenvalue weighted by atomic mass is 10.6. The summed E-state index contributed by atoms with van der Waals surface area (Å²) in [4.78, 5) is 3.89. The molecule has 3 nitrogen and oxygen atoms in total. The van der Waals surface area contributed by atoms with Crippen LogP contribution in [-0.4, -0.2) is 15.4 Å². The van der Waals surface area contributed by atoms with Gasteiger partial charge in [0.05, 0.1) is 5.75 Å². The van der Waals surface area contributed by atoms with Crippen molar-refractivity contribution in [1.29, 1.82) is 0 Å². The highest BCUT2D eigenvalue weighted by atomic mass is 32.2. The fraction of sp³-hybridized carbons (Fsp3) is 0.667. The van der Waals surface area contributed by atoms with E-state index in [9.17, 15) is 0 Å². The molecule has 4 heteroatoms. The second-order valence-electron chi connectivity index (χ2n) is 2.21. The fourth-order valence-electron chi connectivity index (χ4n) is 0.497. The Morgan fingerprint density at radius 1 is 1.70 bits per heavy atom. The molecule has 0 fully saturated rings. The first-order chi connectivity index (χ1) is 4.79. The molecule has 1 aromatic rings. The van der Waals surface area contributed by atoms with E-state index in [1.54, 1.807) is 11.8 Å². The lowest BCUT2D eigenvalue weighted by Gasteiger charge is -1.98. The average molecular weight is 158 g/mol. The molecule has 0 N–H and O–H groups in total. The molecule has 10 heavy (non-hydrogen) atoms. The second-order valence-corrected chi connectivity index (χ2v) is 3.77. The van der Waals surface area contributed by atoms with Crippen LogP contribution < -0.4 is 0 Å². The van der Waals surface area contributed by atoms with Gasteiger partial charge >= 0.3 is 0 Å². The van der Waals surface area contributed by atoms with E-state index in [2.05, 4.69) is 28.5 Å². The van der Waals surface area contributed by atoms with Gasteiger partial charge in [0.15, 0.2) is 5.82 Å². The molecule has 0 aliphatic rings. The first kappa shape index (κ1) is 7.60. The zero-order chi connectivity index (χ0) is 7.40. The van der Waals surface area contributed by atoms with Crippen LogP contribution in [0.25, 0.3) is 0 Å². The van der Waals surface area contributed by atoms with E-state index >= 15 is 0 Å². The van der Waals surface area contributed by atoms with Crippen LogP contribution in [-0.2, 0) is 5.75 Å². The minimum Gasteiger partial charge on any atom is -0.343 e. The normalized spacial score (nSPS) is 10.7. The van der Waals surface area contributed by atoms with E-state index in [1.165, 1.54) is 6.39 Å². The molecule has 0 saturated carbocycles. The third kappa shape index (κ3) is 2.39. The Kier molecular flexibility index (Phi) is 2.74. The number of nitrogens with zero attached hydrogens (tertiary/aromatic N) is 2. The summed E-state index contributed by atoms with van der Waals surface area (Å²) in [6.07, 6.45) is 1.36. The fourth-order valence-corrected chi connectivity index (χ4v) is 1.11. The molecule has 0 amide bonds. The maximum Gasteiger partial charge on any atom is 0.213 e. The zero-order valence-corrected chi connectivity index (χ0v) is 6.89. The van der Waals surface area contributed by atoms with Gasteiger partial charge in [-0.2, -0.15) is 16.7 Å². The van der Waals surface area contributed by atoms with Crippen LogP contribution in [0.5, 0.6) is 0 Å². The topological polar surface area (TPSA) is 38.9 Å². The lowest BCUT2D eigenvalue weighted by Crippen LogP contribution is -1.89. The predicted molar refractivity (Wildman–Crippen MR) is 40.7 cm³/mol. The Hall–Kier alpha value is -0.510. The highest BCUT2D eigenvalue weighted by molar-refractivity contribution is 7.99. The summed E-state index contributed by atoms with van der Waals surface area (Å²) in [6, 6.07) is 0. The summed E-state index contributed by atoms with van der Waals surface area (Å²) in [5, 5.41) is 4.30.